The lowest BCUT2D eigenvalue weighted by Crippen LogP contribution is -2.45. The second kappa shape index (κ2) is 3.93. The van der Waals surface area contributed by atoms with Gasteiger partial charge in [-0.1, -0.05) is 24.1 Å². The lowest BCUT2D eigenvalue weighted by atomic mass is 9.52. The van der Waals surface area contributed by atoms with Gasteiger partial charge in [-0.15, -0.1) is 0 Å². The molecule has 3 fully saturated rings. The summed E-state index contributed by atoms with van der Waals surface area (Å²) < 4.78 is 0. The molecule has 5 atom stereocenters. The van der Waals surface area contributed by atoms with Gasteiger partial charge in [0.05, 0.1) is 5.54 Å². The highest BCUT2D eigenvalue weighted by Crippen LogP contribution is 2.67. The zero-order valence-electron chi connectivity index (χ0n) is 13.3. The van der Waals surface area contributed by atoms with Crippen LogP contribution in [-0.2, 0) is 4.79 Å². The van der Waals surface area contributed by atoms with Crippen molar-refractivity contribution in [2.45, 2.75) is 69.6 Å². The normalized spacial score (nSPS) is 52.0. The Bertz CT molecular complexity index is 635. The van der Waals surface area contributed by atoms with Gasteiger partial charge < -0.3 is 5.11 Å². The zero-order chi connectivity index (χ0) is 15.2. The van der Waals surface area contributed by atoms with E-state index < -0.39 is 5.72 Å². The second-order valence-corrected chi connectivity index (χ2v) is 8.18. The number of fused-ring (bicyclic) bond motifs is 4. The molecule has 22 heavy (non-hydrogen) atoms. The molecular formula is C19H25NO2. The molecule has 118 valence electrons. The Morgan fingerprint density at radius 1 is 1.32 bits per heavy atom. The summed E-state index contributed by atoms with van der Waals surface area (Å²) in [6.45, 7) is 2.29. The molecule has 3 nitrogen and oxygen atoms in total. The van der Waals surface area contributed by atoms with Gasteiger partial charge in [-0.2, -0.15) is 0 Å². The van der Waals surface area contributed by atoms with Gasteiger partial charge in [0.15, 0.2) is 5.78 Å². The molecule has 0 aromatic rings. The third-order valence-corrected chi connectivity index (χ3v) is 7.71. The number of hydrogen-bond acceptors (Lipinski definition) is 3. The summed E-state index contributed by atoms with van der Waals surface area (Å²) in [4.78, 5) is 11.9. The Hall–Kier alpha value is -0.930. The third kappa shape index (κ3) is 1.34. The van der Waals surface area contributed by atoms with E-state index in [0.717, 1.165) is 44.9 Å². The summed E-state index contributed by atoms with van der Waals surface area (Å²) in [5, 5.41) is 14.1. The average molecular weight is 299 g/mol. The monoisotopic (exact) mass is 299 g/mol. The number of nitrogens with one attached hydrogen (secondary N) is 1. The van der Waals surface area contributed by atoms with E-state index >= 15 is 0 Å². The molecule has 2 saturated carbocycles. The molecule has 4 aliphatic carbocycles. The standard InChI is InChI=1S/C19H25NO2/c1-2-17-8-5-13(21)11-12(17)3-4-14-15(17)6-9-18-16(14)7-10-19(18,22)20-18/h6,11,14,16,20,22H,2-5,7-10H2,1H3. The van der Waals surface area contributed by atoms with Crippen LogP contribution in [0.4, 0.5) is 0 Å². The molecule has 0 amide bonds. The van der Waals surface area contributed by atoms with E-state index in [2.05, 4.69) is 18.3 Å². The molecule has 1 saturated heterocycles. The lowest BCUT2D eigenvalue weighted by molar-refractivity contribution is -0.115. The summed E-state index contributed by atoms with van der Waals surface area (Å²) >= 11 is 0. The van der Waals surface area contributed by atoms with Crippen LogP contribution >= 0.6 is 0 Å². The first-order chi connectivity index (χ1) is 10.5. The van der Waals surface area contributed by atoms with Crippen molar-refractivity contribution >= 4 is 5.78 Å². The maximum absolute atomic E-state index is 11.9. The van der Waals surface area contributed by atoms with Gasteiger partial charge in [-0.25, -0.2) is 0 Å². The Morgan fingerprint density at radius 3 is 2.95 bits per heavy atom. The summed E-state index contributed by atoms with van der Waals surface area (Å²) in [6, 6.07) is 0. The fourth-order valence-electron chi connectivity index (χ4n) is 6.56. The molecule has 5 rings (SSSR count). The molecule has 0 aromatic heterocycles. The number of carbonyl (C=O) groups is 1. The number of allylic oxidation sites excluding steroid dienone is 3. The van der Waals surface area contributed by atoms with Crippen LogP contribution in [0, 0.1) is 17.3 Å². The number of rotatable bonds is 1. The van der Waals surface area contributed by atoms with Crippen molar-refractivity contribution in [3.8, 4) is 0 Å². The summed E-state index contributed by atoms with van der Waals surface area (Å²) in [5.41, 5.74) is 2.60. The quantitative estimate of drug-likeness (QED) is 0.578. The van der Waals surface area contributed by atoms with E-state index in [1.54, 1.807) is 5.57 Å². The SMILES string of the molecule is CCC12CCC(=O)C=C1CCC1C2=CCC23NC2(O)CCC13. The maximum Gasteiger partial charge on any atom is 0.155 e. The molecular weight excluding hydrogens is 274 g/mol. The zero-order valence-corrected chi connectivity index (χ0v) is 13.3. The van der Waals surface area contributed by atoms with Gasteiger partial charge in [-0.3, -0.25) is 10.1 Å². The molecule has 3 heteroatoms. The van der Waals surface area contributed by atoms with E-state index in [0.29, 0.717) is 24.0 Å². The molecule has 5 unspecified atom stereocenters. The van der Waals surface area contributed by atoms with Crippen molar-refractivity contribution in [3.05, 3.63) is 23.3 Å². The van der Waals surface area contributed by atoms with Crippen LogP contribution in [0.5, 0.6) is 0 Å². The highest BCUT2D eigenvalue weighted by atomic mass is 16.3. The van der Waals surface area contributed by atoms with Crippen molar-refractivity contribution in [2.24, 2.45) is 17.3 Å². The van der Waals surface area contributed by atoms with Gasteiger partial charge in [0, 0.05) is 11.8 Å². The summed E-state index contributed by atoms with van der Waals surface area (Å²) in [7, 11) is 0. The van der Waals surface area contributed by atoms with Crippen LogP contribution in [0.1, 0.15) is 58.3 Å². The Morgan fingerprint density at radius 2 is 2.18 bits per heavy atom. The van der Waals surface area contributed by atoms with Crippen LogP contribution in [0.15, 0.2) is 23.3 Å². The fourth-order valence-corrected chi connectivity index (χ4v) is 6.56. The van der Waals surface area contributed by atoms with Gasteiger partial charge in [0.25, 0.3) is 0 Å². The predicted molar refractivity (Wildman–Crippen MR) is 84.0 cm³/mol. The Kier molecular flexibility index (Phi) is 2.42. The number of aliphatic hydroxyl groups is 1. The minimum Gasteiger partial charge on any atom is -0.374 e. The molecule has 2 N–H and O–H groups in total. The first-order valence-corrected chi connectivity index (χ1v) is 9.01. The number of carbonyl (C=O) groups excluding carboxylic acids is 1. The molecule has 0 radical (unpaired) electrons. The van der Waals surface area contributed by atoms with Crippen LogP contribution < -0.4 is 5.32 Å². The molecule has 1 aliphatic heterocycles. The minimum absolute atomic E-state index is 0.0121. The van der Waals surface area contributed by atoms with E-state index in [-0.39, 0.29) is 11.0 Å². The highest BCUT2D eigenvalue weighted by Gasteiger charge is 2.75. The van der Waals surface area contributed by atoms with E-state index in [1.165, 1.54) is 5.57 Å². The van der Waals surface area contributed by atoms with Crippen LogP contribution in [-0.4, -0.2) is 22.2 Å². The van der Waals surface area contributed by atoms with Gasteiger partial charge in [0.2, 0.25) is 0 Å². The fraction of sp³-hybridized carbons (Fsp3) is 0.737. The van der Waals surface area contributed by atoms with Crippen LogP contribution in [0.3, 0.4) is 0 Å². The molecule has 1 heterocycles. The largest absolute Gasteiger partial charge is 0.374 e. The van der Waals surface area contributed by atoms with E-state index in [9.17, 15) is 9.90 Å². The van der Waals surface area contributed by atoms with E-state index in [1.807, 2.05) is 6.08 Å². The number of ketones is 1. The highest BCUT2D eigenvalue weighted by molar-refractivity contribution is 5.92. The molecule has 0 aromatic carbocycles. The topological polar surface area (TPSA) is 59.2 Å². The third-order valence-electron chi connectivity index (χ3n) is 7.71. The molecule has 0 bridgehead atoms. The van der Waals surface area contributed by atoms with Crippen molar-refractivity contribution < 1.29 is 9.90 Å². The van der Waals surface area contributed by atoms with Gasteiger partial charge in [-0.05, 0) is 62.9 Å². The summed E-state index contributed by atoms with van der Waals surface area (Å²) in [5.74, 6) is 1.53. The minimum atomic E-state index is -0.572. The first kappa shape index (κ1) is 13.5. The van der Waals surface area contributed by atoms with Crippen molar-refractivity contribution in [1.29, 1.82) is 0 Å². The smallest absolute Gasteiger partial charge is 0.155 e. The lowest BCUT2D eigenvalue weighted by Gasteiger charge is -2.52. The molecule has 5 aliphatic rings. The predicted octanol–water partition coefficient (Wildman–Crippen LogP) is 2.85. The van der Waals surface area contributed by atoms with Crippen LogP contribution in [0.2, 0.25) is 0 Å². The van der Waals surface area contributed by atoms with Gasteiger partial charge in [0.1, 0.15) is 5.72 Å². The van der Waals surface area contributed by atoms with Gasteiger partial charge >= 0.3 is 0 Å². The second-order valence-electron chi connectivity index (χ2n) is 8.18. The number of piperidine rings is 1. The first-order valence-electron chi connectivity index (χ1n) is 9.01. The average Bonchev–Trinajstić information content (AvgIpc) is 2.99. The summed E-state index contributed by atoms with van der Waals surface area (Å²) in [6.07, 6.45) is 12.5. The van der Waals surface area contributed by atoms with Crippen molar-refractivity contribution in [3.63, 3.8) is 0 Å². The molecule has 1 spiro atoms. The van der Waals surface area contributed by atoms with Crippen LogP contribution in [0.25, 0.3) is 0 Å². The maximum atomic E-state index is 11.9. The van der Waals surface area contributed by atoms with E-state index in [4.69, 9.17) is 0 Å². The number of hydrogen-bond donors (Lipinski definition) is 2. The van der Waals surface area contributed by atoms with Crippen molar-refractivity contribution in [2.75, 3.05) is 0 Å². The van der Waals surface area contributed by atoms with Crippen molar-refractivity contribution in [1.82, 2.24) is 5.32 Å². The Balaban J connectivity index is 1.60. The Labute approximate surface area is 131 Å².